The number of benzene rings is 1. The molecule has 0 radical (unpaired) electrons. The van der Waals surface area contributed by atoms with Crippen LogP contribution in [0.25, 0.3) is 0 Å². The Morgan fingerprint density at radius 1 is 1.36 bits per heavy atom. The third-order valence-corrected chi connectivity index (χ3v) is 2.13. The van der Waals surface area contributed by atoms with Gasteiger partial charge in [-0.2, -0.15) is 4.83 Å². The van der Waals surface area contributed by atoms with Gasteiger partial charge in [0.25, 0.3) is 0 Å². The molecule has 0 aliphatic rings. The number of nitrogens with one attached hydrogen (secondary N) is 1. The van der Waals surface area contributed by atoms with Crippen molar-refractivity contribution in [2.24, 2.45) is 5.84 Å². The Bertz CT molecular complexity index is 237. The fraction of sp³-hybridized carbons (Fsp3) is 0.143. The van der Waals surface area contributed by atoms with Gasteiger partial charge in [0.1, 0.15) is 11.0 Å². The normalized spacial score (nSPS) is 12.8. The third kappa shape index (κ3) is 2.80. The van der Waals surface area contributed by atoms with E-state index in [0.717, 1.165) is 5.56 Å². The highest BCUT2D eigenvalue weighted by molar-refractivity contribution is 7.82. The maximum absolute atomic E-state index is 10.9. The van der Waals surface area contributed by atoms with Crippen molar-refractivity contribution in [2.75, 3.05) is 0 Å². The Balaban J connectivity index is 2.58. The highest BCUT2D eigenvalue weighted by atomic mass is 32.2. The summed E-state index contributed by atoms with van der Waals surface area (Å²) < 4.78 is 10.9. The van der Waals surface area contributed by atoms with Crippen molar-refractivity contribution in [3.8, 4) is 0 Å². The highest BCUT2D eigenvalue weighted by Crippen LogP contribution is 2.00. The summed E-state index contributed by atoms with van der Waals surface area (Å²) in [6, 6.07) is 9.55. The van der Waals surface area contributed by atoms with Crippen molar-refractivity contribution in [2.45, 2.75) is 5.75 Å². The maximum Gasteiger partial charge on any atom is 0.110 e. The summed E-state index contributed by atoms with van der Waals surface area (Å²) in [6.07, 6.45) is 0. The van der Waals surface area contributed by atoms with E-state index in [1.54, 1.807) is 0 Å². The van der Waals surface area contributed by atoms with Crippen molar-refractivity contribution >= 4 is 11.0 Å². The SMILES string of the molecule is NNS(=O)Cc1ccccc1. The van der Waals surface area contributed by atoms with E-state index < -0.39 is 11.0 Å². The molecule has 0 aliphatic carbocycles. The molecule has 4 heteroatoms. The Labute approximate surface area is 68.2 Å². The van der Waals surface area contributed by atoms with Crippen molar-refractivity contribution in [1.29, 1.82) is 0 Å². The van der Waals surface area contributed by atoms with Gasteiger partial charge < -0.3 is 0 Å². The van der Waals surface area contributed by atoms with Crippen LogP contribution in [0.4, 0.5) is 0 Å². The average Bonchev–Trinajstić information content (AvgIpc) is 2.06. The van der Waals surface area contributed by atoms with E-state index in [2.05, 4.69) is 4.83 Å². The average molecular weight is 170 g/mol. The van der Waals surface area contributed by atoms with Crippen molar-refractivity contribution in [3.63, 3.8) is 0 Å². The molecular formula is C7H10N2OS. The minimum absolute atomic E-state index is 0.456. The summed E-state index contributed by atoms with van der Waals surface area (Å²) in [7, 11) is -1.15. The predicted octanol–water partition coefficient (Wildman–Crippen LogP) is 0.314. The summed E-state index contributed by atoms with van der Waals surface area (Å²) in [6.45, 7) is 0. The van der Waals surface area contributed by atoms with Gasteiger partial charge in [-0.05, 0) is 5.56 Å². The molecule has 0 bridgehead atoms. The molecular weight excluding hydrogens is 160 g/mol. The van der Waals surface area contributed by atoms with Crippen LogP contribution in [0.3, 0.4) is 0 Å². The molecule has 0 aromatic heterocycles. The molecule has 0 fully saturated rings. The molecule has 0 saturated carbocycles. The quantitative estimate of drug-likeness (QED) is 0.507. The first kappa shape index (κ1) is 8.39. The molecule has 0 heterocycles. The van der Waals surface area contributed by atoms with E-state index in [0.29, 0.717) is 5.75 Å². The fourth-order valence-corrected chi connectivity index (χ4v) is 1.35. The maximum atomic E-state index is 10.9. The van der Waals surface area contributed by atoms with Crippen LogP contribution >= 0.6 is 0 Å². The first-order valence-electron chi connectivity index (χ1n) is 3.21. The minimum atomic E-state index is -1.15. The Kier molecular flexibility index (Phi) is 3.22. The Morgan fingerprint density at radius 3 is 2.55 bits per heavy atom. The van der Waals surface area contributed by atoms with Gasteiger partial charge in [0.2, 0.25) is 0 Å². The number of hydrogen-bond acceptors (Lipinski definition) is 2. The van der Waals surface area contributed by atoms with Crippen LogP contribution in [-0.2, 0) is 16.7 Å². The lowest BCUT2D eigenvalue weighted by atomic mass is 10.2. The molecule has 1 aromatic carbocycles. The van der Waals surface area contributed by atoms with Gasteiger partial charge in [-0.15, -0.1) is 0 Å². The summed E-state index contributed by atoms with van der Waals surface area (Å²) in [5, 5.41) is 0. The molecule has 0 aliphatic heterocycles. The van der Waals surface area contributed by atoms with Gasteiger partial charge in [0, 0.05) is 0 Å². The van der Waals surface area contributed by atoms with Gasteiger partial charge in [0.15, 0.2) is 0 Å². The molecule has 1 unspecified atom stereocenters. The van der Waals surface area contributed by atoms with Crippen molar-refractivity contribution in [3.05, 3.63) is 35.9 Å². The highest BCUT2D eigenvalue weighted by Gasteiger charge is 1.96. The molecule has 1 aromatic rings. The summed E-state index contributed by atoms with van der Waals surface area (Å²) in [5.41, 5.74) is 1.02. The molecule has 0 saturated heterocycles. The second kappa shape index (κ2) is 4.23. The monoisotopic (exact) mass is 170 g/mol. The second-order valence-corrected chi connectivity index (χ2v) is 3.31. The predicted molar refractivity (Wildman–Crippen MR) is 45.6 cm³/mol. The van der Waals surface area contributed by atoms with E-state index >= 15 is 0 Å². The summed E-state index contributed by atoms with van der Waals surface area (Å²) in [5.74, 6) is 5.43. The van der Waals surface area contributed by atoms with E-state index in [1.165, 1.54) is 0 Å². The summed E-state index contributed by atoms with van der Waals surface area (Å²) >= 11 is 0. The zero-order valence-electron chi connectivity index (χ0n) is 5.99. The molecule has 60 valence electrons. The van der Waals surface area contributed by atoms with Crippen molar-refractivity contribution < 1.29 is 4.21 Å². The number of nitrogens with two attached hydrogens (primary N) is 1. The van der Waals surface area contributed by atoms with Gasteiger partial charge in [-0.1, -0.05) is 30.3 Å². The third-order valence-electron chi connectivity index (χ3n) is 1.27. The second-order valence-electron chi connectivity index (χ2n) is 2.09. The molecule has 1 rings (SSSR count). The van der Waals surface area contributed by atoms with Crippen molar-refractivity contribution in [1.82, 2.24) is 4.83 Å². The molecule has 11 heavy (non-hydrogen) atoms. The smallest absolute Gasteiger partial charge is 0.110 e. The topological polar surface area (TPSA) is 55.1 Å². The molecule has 0 amide bonds. The fourth-order valence-electron chi connectivity index (χ4n) is 0.767. The Morgan fingerprint density at radius 2 is 2.00 bits per heavy atom. The molecule has 0 spiro atoms. The van der Waals surface area contributed by atoms with Gasteiger partial charge in [0.05, 0.1) is 5.75 Å². The van der Waals surface area contributed by atoms with Crippen LogP contribution in [0, 0.1) is 0 Å². The van der Waals surface area contributed by atoms with Crippen LogP contribution in [-0.4, -0.2) is 4.21 Å². The van der Waals surface area contributed by atoms with Crippen LogP contribution in [0.2, 0.25) is 0 Å². The lowest BCUT2D eigenvalue weighted by Crippen LogP contribution is -2.25. The van der Waals surface area contributed by atoms with E-state index in [9.17, 15) is 4.21 Å². The van der Waals surface area contributed by atoms with Gasteiger partial charge >= 0.3 is 0 Å². The minimum Gasteiger partial charge on any atom is -0.260 e. The number of rotatable bonds is 3. The van der Waals surface area contributed by atoms with E-state index in [-0.39, 0.29) is 0 Å². The summed E-state index contributed by atoms with van der Waals surface area (Å²) in [4.78, 5) is 2.19. The largest absolute Gasteiger partial charge is 0.260 e. The first-order chi connectivity index (χ1) is 5.33. The van der Waals surface area contributed by atoms with E-state index in [1.807, 2.05) is 30.3 Å². The molecule has 1 atom stereocenters. The molecule has 3 N–H and O–H groups in total. The van der Waals surface area contributed by atoms with Crippen LogP contribution in [0.15, 0.2) is 30.3 Å². The zero-order valence-corrected chi connectivity index (χ0v) is 6.80. The lowest BCUT2D eigenvalue weighted by Gasteiger charge is -1.98. The van der Waals surface area contributed by atoms with E-state index in [4.69, 9.17) is 5.84 Å². The first-order valence-corrected chi connectivity index (χ1v) is 4.53. The number of hydrogen-bond donors (Lipinski definition) is 2. The zero-order chi connectivity index (χ0) is 8.10. The van der Waals surface area contributed by atoms with Crippen LogP contribution in [0.5, 0.6) is 0 Å². The van der Waals surface area contributed by atoms with Gasteiger partial charge in [-0.3, -0.25) is 5.84 Å². The number of hydrazine groups is 1. The Hall–Kier alpha value is -0.710. The van der Waals surface area contributed by atoms with Crippen LogP contribution in [0.1, 0.15) is 5.56 Å². The van der Waals surface area contributed by atoms with Gasteiger partial charge in [-0.25, -0.2) is 4.21 Å². The van der Waals surface area contributed by atoms with Crippen LogP contribution < -0.4 is 10.7 Å². The molecule has 3 nitrogen and oxygen atoms in total. The lowest BCUT2D eigenvalue weighted by molar-refractivity contribution is 0.674. The standard InChI is InChI=1S/C7H10N2OS/c8-9-11(10)6-7-4-2-1-3-5-7/h1-5,9H,6,8H2.